The molecule has 1 aromatic heterocycles. The predicted molar refractivity (Wildman–Crippen MR) is 93.5 cm³/mol. The van der Waals surface area contributed by atoms with E-state index in [-0.39, 0.29) is 29.8 Å². The lowest BCUT2D eigenvalue weighted by Crippen LogP contribution is -2.27. The highest BCUT2D eigenvalue weighted by Gasteiger charge is 2.23. The fourth-order valence-electron chi connectivity index (χ4n) is 2.57. The van der Waals surface area contributed by atoms with Gasteiger partial charge in [0.15, 0.2) is 6.61 Å². The second kappa shape index (κ2) is 7.41. The summed E-state index contributed by atoms with van der Waals surface area (Å²) in [6.45, 7) is 4.68. The van der Waals surface area contributed by atoms with Crippen molar-refractivity contribution < 1.29 is 14.6 Å². The Morgan fingerprint density at radius 3 is 2.64 bits per heavy atom. The Hall–Kier alpha value is -2.78. The maximum Gasteiger partial charge on any atom is 0.271 e. The average molecular weight is 361 g/mol. The van der Waals surface area contributed by atoms with E-state index in [1.54, 1.807) is 38.1 Å². The topological polar surface area (TPSA) is 92.3 Å². The highest BCUT2D eigenvalue weighted by Crippen LogP contribution is 2.24. The molecule has 0 bridgehead atoms. The number of ether oxygens (including phenoxy) is 1. The van der Waals surface area contributed by atoms with Gasteiger partial charge in [-0.1, -0.05) is 11.6 Å². The van der Waals surface area contributed by atoms with E-state index in [0.29, 0.717) is 10.8 Å². The zero-order valence-electron chi connectivity index (χ0n) is 14.1. The quantitative estimate of drug-likeness (QED) is 0.827. The molecule has 0 fully saturated rings. The van der Waals surface area contributed by atoms with E-state index in [2.05, 4.69) is 0 Å². The summed E-state index contributed by atoms with van der Waals surface area (Å²) in [7, 11) is 0. The van der Waals surface area contributed by atoms with Gasteiger partial charge in [0.2, 0.25) is 11.7 Å². The van der Waals surface area contributed by atoms with Crippen LogP contribution in [0.15, 0.2) is 23.0 Å². The van der Waals surface area contributed by atoms with Crippen LogP contribution in [-0.2, 0) is 6.54 Å². The molecule has 1 N–H and O–H groups in total. The van der Waals surface area contributed by atoms with Gasteiger partial charge < -0.3 is 9.84 Å². The summed E-state index contributed by atoms with van der Waals surface area (Å²) in [5.74, 6) is -0.493. The fourth-order valence-corrected chi connectivity index (χ4v) is 2.79. The number of hydrogen-bond donors (Lipinski definition) is 1. The van der Waals surface area contributed by atoms with Gasteiger partial charge in [-0.15, -0.1) is 0 Å². The zero-order chi connectivity index (χ0) is 18.7. The van der Waals surface area contributed by atoms with Crippen molar-refractivity contribution in [3.63, 3.8) is 0 Å². The predicted octanol–water partition coefficient (Wildman–Crippen LogP) is 2.98. The number of halogens is 1. The number of rotatable bonds is 5. The molecule has 2 aromatic rings. The van der Waals surface area contributed by atoms with Crippen LogP contribution in [-0.4, -0.2) is 22.1 Å². The lowest BCUT2D eigenvalue weighted by Gasteiger charge is -2.15. The number of aryl methyl sites for hydroxylation is 1. The number of carbonyl (C=O) groups is 1. The average Bonchev–Trinajstić information content (AvgIpc) is 2.54. The Morgan fingerprint density at radius 2 is 2.08 bits per heavy atom. The first-order chi connectivity index (χ1) is 11.8. The molecule has 1 aromatic carbocycles. The smallest absolute Gasteiger partial charge is 0.271 e. The molecule has 2 rings (SSSR count). The van der Waals surface area contributed by atoms with Gasteiger partial charge in [-0.2, -0.15) is 5.26 Å². The Balaban J connectivity index is 2.39. The van der Waals surface area contributed by atoms with Crippen LogP contribution < -0.4 is 10.3 Å². The van der Waals surface area contributed by atoms with Crippen molar-refractivity contribution in [2.75, 3.05) is 6.61 Å². The summed E-state index contributed by atoms with van der Waals surface area (Å²) in [6, 6.07) is 6.79. The monoisotopic (exact) mass is 360 g/mol. The Bertz CT molecular complexity index is 942. The minimum absolute atomic E-state index is 0.0791. The minimum Gasteiger partial charge on any atom is -0.494 e. The molecule has 0 saturated heterocycles. The molecule has 0 unspecified atom stereocenters. The van der Waals surface area contributed by atoms with Crippen molar-refractivity contribution >= 4 is 17.4 Å². The van der Waals surface area contributed by atoms with Gasteiger partial charge in [-0.05, 0) is 50.1 Å². The second-order valence-electron chi connectivity index (χ2n) is 5.48. The molecule has 0 saturated carbocycles. The van der Waals surface area contributed by atoms with Crippen LogP contribution in [0.2, 0.25) is 5.02 Å². The van der Waals surface area contributed by atoms with E-state index < -0.39 is 17.2 Å². The fraction of sp³-hybridized carbons (Fsp3) is 0.278. The number of hydrogen-bond acceptors (Lipinski definition) is 5. The van der Waals surface area contributed by atoms with E-state index >= 15 is 0 Å². The summed E-state index contributed by atoms with van der Waals surface area (Å²) in [4.78, 5) is 24.7. The lowest BCUT2D eigenvalue weighted by molar-refractivity contribution is 0.0916. The molecular weight excluding hydrogens is 344 g/mol. The first-order valence-corrected chi connectivity index (χ1v) is 7.98. The van der Waals surface area contributed by atoms with Crippen molar-refractivity contribution in [1.82, 2.24) is 4.57 Å². The molecule has 0 aliphatic heterocycles. The maximum atomic E-state index is 12.5. The number of aromatic nitrogens is 1. The molecule has 0 amide bonds. The molecule has 0 atom stereocenters. The third-order valence-electron chi connectivity index (χ3n) is 3.89. The van der Waals surface area contributed by atoms with E-state index in [0.717, 1.165) is 10.1 Å². The standard InChI is InChI=1S/C18H17ClN2O4/c1-4-21-17(23)13(8-20)11(3)16(18(21)24)14(22)9-25-15-6-5-12(19)7-10(15)2/h5-7,24H,4,9H2,1-3H3. The SMILES string of the molecule is CCn1c(O)c(C(=O)COc2ccc(Cl)cc2C)c(C)c(C#N)c1=O. The van der Waals surface area contributed by atoms with Crippen molar-refractivity contribution in [2.24, 2.45) is 0 Å². The lowest BCUT2D eigenvalue weighted by atomic mass is 10.0. The summed E-state index contributed by atoms with van der Waals surface area (Å²) in [5, 5.41) is 20.0. The summed E-state index contributed by atoms with van der Waals surface area (Å²) >= 11 is 5.88. The number of carbonyl (C=O) groups excluding carboxylic acids is 1. The molecule has 0 aliphatic rings. The van der Waals surface area contributed by atoms with Gasteiger partial charge in [0, 0.05) is 11.6 Å². The summed E-state index contributed by atoms with van der Waals surface area (Å²) in [6.07, 6.45) is 0. The van der Waals surface area contributed by atoms with Crippen LogP contribution in [0.3, 0.4) is 0 Å². The van der Waals surface area contributed by atoms with E-state index in [1.807, 2.05) is 0 Å². The molecule has 0 radical (unpaired) electrons. The largest absolute Gasteiger partial charge is 0.494 e. The third kappa shape index (κ3) is 3.52. The van der Waals surface area contributed by atoms with Gasteiger partial charge in [-0.25, -0.2) is 0 Å². The second-order valence-corrected chi connectivity index (χ2v) is 5.92. The van der Waals surface area contributed by atoms with Gasteiger partial charge >= 0.3 is 0 Å². The molecular formula is C18H17ClN2O4. The molecule has 0 aliphatic carbocycles. The first-order valence-electron chi connectivity index (χ1n) is 7.60. The Labute approximate surface area is 149 Å². The number of aromatic hydroxyl groups is 1. The molecule has 7 heteroatoms. The van der Waals surface area contributed by atoms with Crippen LogP contribution in [0.25, 0.3) is 0 Å². The van der Waals surface area contributed by atoms with Gasteiger partial charge in [-0.3, -0.25) is 14.2 Å². The van der Waals surface area contributed by atoms with Crippen LogP contribution in [0.1, 0.15) is 34.0 Å². The van der Waals surface area contributed by atoms with Crippen molar-refractivity contribution in [3.8, 4) is 17.7 Å². The number of nitriles is 1. The van der Waals surface area contributed by atoms with Gasteiger partial charge in [0.25, 0.3) is 5.56 Å². The molecule has 6 nitrogen and oxygen atoms in total. The van der Waals surface area contributed by atoms with Crippen molar-refractivity contribution in [1.29, 1.82) is 5.26 Å². The van der Waals surface area contributed by atoms with Gasteiger partial charge in [0.05, 0.1) is 5.56 Å². The number of ketones is 1. The van der Waals surface area contributed by atoms with Crippen LogP contribution in [0.5, 0.6) is 11.6 Å². The van der Waals surface area contributed by atoms with Crippen LogP contribution >= 0.6 is 11.6 Å². The normalized spacial score (nSPS) is 10.4. The highest BCUT2D eigenvalue weighted by atomic mass is 35.5. The zero-order valence-corrected chi connectivity index (χ0v) is 14.8. The van der Waals surface area contributed by atoms with E-state index in [1.165, 1.54) is 6.92 Å². The first kappa shape index (κ1) is 18.6. The van der Waals surface area contributed by atoms with E-state index in [4.69, 9.17) is 16.3 Å². The van der Waals surface area contributed by atoms with E-state index in [9.17, 15) is 20.0 Å². The summed E-state index contributed by atoms with van der Waals surface area (Å²) in [5.41, 5.74) is 0.0509. The molecule has 1 heterocycles. The molecule has 130 valence electrons. The number of nitrogens with zero attached hydrogens (tertiary/aromatic N) is 2. The molecule has 25 heavy (non-hydrogen) atoms. The minimum atomic E-state index is -0.619. The molecule has 0 spiro atoms. The maximum absolute atomic E-state index is 12.5. The Morgan fingerprint density at radius 1 is 1.40 bits per heavy atom. The highest BCUT2D eigenvalue weighted by molar-refractivity contribution is 6.30. The van der Waals surface area contributed by atoms with Crippen LogP contribution in [0.4, 0.5) is 0 Å². The van der Waals surface area contributed by atoms with Crippen molar-refractivity contribution in [3.05, 3.63) is 55.8 Å². The van der Waals surface area contributed by atoms with Crippen molar-refractivity contribution in [2.45, 2.75) is 27.3 Å². The Kier molecular flexibility index (Phi) is 5.50. The van der Waals surface area contributed by atoms with Crippen LogP contribution in [0, 0.1) is 25.2 Å². The number of benzene rings is 1. The van der Waals surface area contributed by atoms with Gasteiger partial charge in [0.1, 0.15) is 17.4 Å². The summed E-state index contributed by atoms with van der Waals surface area (Å²) < 4.78 is 6.50. The number of Topliss-reactive ketones (excluding diaryl/α,β-unsaturated/α-hetero) is 1. The number of pyridine rings is 1. The third-order valence-corrected chi connectivity index (χ3v) is 4.13.